The number of amides is 3. The van der Waals surface area contributed by atoms with Crippen LogP contribution < -0.4 is 5.32 Å². The molecule has 1 aromatic rings. The van der Waals surface area contributed by atoms with Gasteiger partial charge in [0.05, 0.1) is 6.10 Å². The summed E-state index contributed by atoms with van der Waals surface area (Å²) >= 11 is 0. The highest BCUT2D eigenvalue weighted by Gasteiger charge is 2.47. The predicted octanol–water partition coefficient (Wildman–Crippen LogP) is 2.50. The van der Waals surface area contributed by atoms with Gasteiger partial charge in [0.1, 0.15) is 5.54 Å². The summed E-state index contributed by atoms with van der Waals surface area (Å²) in [5.41, 5.74) is 0.372. The third-order valence-corrected chi connectivity index (χ3v) is 4.80. The van der Waals surface area contributed by atoms with Crippen LogP contribution in [0, 0.1) is 0 Å². The number of ether oxygens (including phenoxy) is 1. The van der Waals surface area contributed by atoms with E-state index in [1.807, 2.05) is 37.3 Å². The van der Waals surface area contributed by atoms with Gasteiger partial charge in [-0.05, 0) is 44.6 Å². The minimum absolute atomic E-state index is 0.114. The average molecular weight is 316 g/mol. The molecule has 0 saturated carbocycles. The molecule has 2 saturated heterocycles. The Labute approximate surface area is 137 Å². The van der Waals surface area contributed by atoms with Gasteiger partial charge >= 0.3 is 6.03 Å². The molecule has 2 aliphatic rings. The molecule has 0 aromatic heterocycles. The lowest BCUT2D eigenvalue weighted by Crippen LogP contribution is -2.44. The number of benzene rings is 1. The molecule has 0 unspecified atom stereocenters. The van der Waals surface area contributed by atoms with E-state index in [0.717, 1.165) is 32.3 Å². The topological polar surface area (TPSA) is 58.6 Å². The number of rotatable bonds is 6. The maximum absolute atomic E-state index is 12.7. The molecule has 5 nitrogen and oxygen atoms in total. The van der Waals surface area contributed by atoms with E-state index in [0.29, 0.717) is 13.0 Å². The van der Waals surface area contributed by atoms with Gasteiger partial charge in [0.15, 0.2) is 0 Å². The zero-order valence-electron chi connectivity index (χ0n) is 13.6. The van der Waals surface area contributed by atoms with Crippen molar-refractivity contribution in [2.45, 2.75) is 50.7 Å². The van der Waals surface area contributed by atoms with Crippen molar-refractivity contribution in [2.75, 3.05) is 13.2 Å². The molecule has 3 amide bonds. The van der Waals surface area contributed by atoms with E-state index in [9.17, 15) is 9.59 Å². The smallest absolute Gasteiger partial charge is 0.325 e. The fourth-order valence-electron chi connectivity index (χ4n) is 3.30. The van der Waals surface area contributed by atoms with Gasteiger partial charge in [-0.3, -0.25) is 9.69 Å². The molecule has 0 radical (unpaired) electrons. The minimum atomic E-state index is -0.802. The third kappa shape index (κ3) is 3.55. The first-order chi connectivity index (χ1) is 11.1. The van der Waals surface area contributed by atoms with Crippen molar-refractivity contribution in [1.29, 1.82) is 0 Å². The fraction of sp³-hybridized carbons (Fsp3) is 0.556. The van der Waals surface area contributed by atoms with E-state index in [1.165, 1.54) is 10.5 Å². The summed E-state index contributed by atoms with van der Waals surface area (Å²) < 4.78 is 5.57. The molecule has 23 heavy (non-hydrogen) atoms. The number of imide groups is 1. The lowest BCUT2D eigenvalue weighted by atomic mass is 9.93. The number of aryl methyl sites for hydroxylation is 1. The summed E-state index contributed by atoms with van der Waals surface area (Å²) in [5.74, 6) is -0.114. The standard InChI is InChI=1S/C18H24N2O3/c1-18(11-9-14-6-3-2-4-7-14)16(21)20(17(22)19-18)12-10-15-8-5-13-23-15/h2-4,6-7,15H,5,8-13H2,1H3,(H,19,22)/t15-,18-/m0/s1. The van der Waals surface area contributed by atoms with Crippen LogP contribution in [0.5, 0.6) is 0 Å². The molecule has 2 heterocycles. The van der Waals surface area contributed by atoms with E-state index in [1.54, 1.807) is 0 Å². The predicted molar refractivity (Wildman–Crippen MR) is 87.0 cm³/mol. The van der Waals surface area contributed by atoms with Crippen LogP contribution in [-0.2, 0) is 16.0 Å². The largest absolute Gasteiger partial charge is 0.378 e. The highest BCUT2D eigenvalue weighted by atomic mass is 16.5. The molecule has 3 rings (SSSR count). The molecular weight excluding hydrogens is 292 g/mol. The van der Waals surface area contributed by atoms with E-state index >= 15 is 0 Å². The molecular formula is C18H24N2O3. The Bertz CT molecular complexity index is 569. The Morgan fingerprint density at radius 3 is 2.78 bits per heavy atom. The Morgan fingerprint density at radius 2 is 2.09 bits per heavy atom. The van der Waals surface area contributed by atoms with Crippen LogP contribution >= 0.6 is 0 Å². The van der Waals surface area contributed by atoms with E-state index in [2.05, 4.69) is 5.32 Å². The SMILES string of the molecule is C[C@@]1(CCc2ccccc2)NC(=O)N(CC[C@@H]2CCCO2)C1=O. The summed E-state index contributed by atoms with van der Waals surface area (Å²) in [6, 6.07) is 9.75. The van der Waals surface area contributed by atoms with Crippen LogP contribution in [0.3, 0.4) is 0 Å². The Balaban J connectivity index is 1.57. The first-order valence-electron chi connectivity index (χ1n) is 8.38. The van der Waals surface area contributed by atoms with E-state index in [4.69, 9.17) is 4.74 Å². The molecule has 124 valence electrons. The summed E-state index contributed by atoms with van der Waals surface area (Å²) in [6.07, 6.45) is 4.38. The Morgan fingerprint density at radius 1 is 1.30 bits per heavy atom. The van der Waals surface area contributed by atoms with Gasteiger partial charge in [-0.15, -0.1) is 0 Å². The number of urea groups is 1. The van der Waals surface area contributed by atoms with Crippen molar-refractivity contribution >= 4 is 11.9 Å². The quantitative estimate of drug-likeness (QED) is 0.820. The van der Waals surface area contributed by atoms with E-state index < -0.39 is 5.54 Å². The molecule has 5 heteroatoms. The second kappa shape index (κ2) is 6.71. The number of carbonyl (C=O) groups excluding carboxylic acids is 2. The van der Waals surface area contributed by atoms with Gasteiger partial charge in [0, 0.05) is 13.2 Å². The number of nitrogens with one attached hydrogen (secondary N) is 1. The maximum Gasteiger partial charge on any atom is 0.325 e. The van der Waals surface area contributed by atoms with Gasteiger partial charge in [-0.2, -0.15) is 0 Å². The number of hydrogen-bond acceptors (Lipinski definition) is 3. The van der Waals surface area contributed by atoms with Crippen molar-refractivity contribution in [3.8, 4) is 0 Å². The van der Waals surface area contributed by atoms with Gasteiger partial charge in [-0.25, -0.2) is 4.79 Å². The van der Waals surface area contributed by atoms with Crippen LogP contribution in [-0.4, -0.2) is 41.6 Å². The van der Waals surface area contributed by atoms with Crippen molar-refractivity contribution in [3.63, 3.8) is 0 Å². The second-order valence-electron chi connectivity index (χ2n) is 6.63. The molecule has 1 aromatic carbocycles. The highest BCUT2D eigenvalue weighted by Crippen LogP contribution is 2.24. The lowest BCUT2D eigenvalue weighted by Gasteiger charge is -2.22. The van der Waals surface area contributed by atoms with Crippen molar-refractivity contribution in [3.05, 3.63) is 35.9 Å². The number of hydrogen-bond donors (Lipinski definition) is 1. The van der Waals surface area contributed by atoms with Crippen LogP contribution in [0.4, 0.5) is 4.79 Å². The molecule has 2 fully saturated rings. The van der Waals surface area contributed by atoms with Crippen LogP contribution in [0.25, 0.3) is 0 Å². The first kappa shape index (κ1) is 16.0. The number of nitrogens with zero attached hydrogens (tertiary/aromatic N) is 1. The lowest BCUT2D eigenvalue weighted by molar-refractivity contribution is -0.131. The first-order valence-corrected chi connectivity index (χ1v) is 8.38. The zero-order valence-corrected chi connectivity index (χ0v) is 13.6. The fourth-order valence-corrected chi connectivity index (χ4v) is 3.30. The number of carbonyl (C=O) groups is 2. The van der Waals surface area contributed by atoms with E-state index in [-0.39, 0.29) is 18.0 Å². The van der Waals surface area contributed by atoms with Crippen molar-refractivity contribution < 1.29 is 14.3 Å². The summed E-state index contributed by atoms with van der Waals surface area (Å²) in [6.45, 7) is 3.05. The highest BCUT2D eigenvalue weighted by molar-refractivity contribution is 6.06. The van der Waals surface area contributed by atoms with Crippen LogP contribution in [0.15, 0.2) is 30.3 Å². The molecule has 0 spiro atoms. The van der Waals surface area contributed by atoms with Gasteiger partial charge in [-0.1, -0.05) is 30.3 Å². The third-order valence-electron chi connectivity index (χ3n) is 4.80. The Hall–Kier alpha value is -1.88. The molecule has 0 bridgehead atoms. The Kier molecular flexibility index (Phi) is 4.66. The van der Waals surface area contributed by atoms with Crippen molar-refractivity contribution in [1.82, 2.24) is 10.2 Å². The molecule has 0 aliphatic carbocycles. The maximum atomic E-state index is 12.7. The average Bonchev–Trinajstić information content (AvgIpc) is 3.13. The normalized spacial score (nSPS) is 27.5. The summed E-state index contributed by atoms with van der Waals surface area (Å²) in [4.78, 5) is 26.2. The zero-order chi connectivity index (χ0) is 16.3. The van der Waals surface area contributed by atoms with Crippen LogP contribution in [0.2, 0.25) is 0 Å². The second-order valence-corrected chi connectivity index (χ2v) is 6.63. The molecule has 2 aliphatic heterocycles. The monoisotopic (exact) mass is 316 g/mol. The molecule has 1 N–H and O–H groups in total. The molecule has 2 atom stereocenters. The minimum Gasteiger partial charge on any atom is -0.378 e. The van der Waals surface area contributed by atoms with Gasteiger partial charge in [0.2, 0.25) is 0 Å². The van der Waals surface area contributed by atoms with Gasteiger partial charge in [0.25, 0.3) is 5.91 Å². The summed E-state index contributed by atoms with van der Waals surface area (Å²) in [5, 5.41) is 2.87. The van der Waals surface area contributed by atoms with Crippen molar-refractivity contribution in [2.24, 2.45) is 0 Å². The van der Waals surface area contributed by atoms with Crippen LogP contribution in [0.1, 0.15) is 38.2 Å². The van der Waals surface area contributed by atoms with Gasteiger partial charge < -0.3 is 10.1 Å². The summed E-state index contributed by atoms with van der Waals surface area (Å²) in [7, 11) is 0.